The first-order chi connectivity index (χ1) is 8.16. The molecule has 0 amide bonds. The summed E-state index contributed by atoms with van der Waals surface area (Å²) in [6.45, 7) is 1.09. The second-order valence-corrected chi connectivity index (χ2v) is 3.89. The first-order valence-electron chi connectivity index (χ1n) is 5.22. The molecule has 0 saturated carbocycles. The summed E-state index contributed by atoms with van der Waals surface area (Å²) in [6.07, 6.45) is 6.66. The van der Waals surface area contributed by atoms with Gasteiger partial charge in [0.1, 0.15) is 0 Å². The smallest absolute Gasteiger partial charge is 0.275 e. The molecule has 1 aromatic rings. The van der Waals surface area contributed by atoms with Gasteiger partial charge in [0.15, 0.2) is 0 Å². The Kier molecular flexibility index (Phi) is 5.47. The number of hydrogen-bond acceptors (Lipinski definition) is 3. The maximum atomic E-state index is 10.8. The van der Waals surface area contributed by atoms with Crippen molar-refractivity contribution < 1.29 is 4.92 Å². The zero-order valence-corrected chi connectivity index (χ0v) is 10.0. The van der Waals surface area contributed by atoms with Crippen LogP contribution in [-0.4, -0.2) is 11.5 Å². The number of nitro groups is 1. The Morgan fingerprint density at radius 3 is 2.94 bits per heavy atom. The Hall–Kier alpha value is -1.57. The van der Waals surface area contributed by atoms with Crippen LogP contribution in [0.15, 0.2) is 18.2 Å². The number of nitrogens with zero attached hydrogens (tertiary/aromatic N) is 1. The SMILES string of the molecule is C#CCCCNCc1c(Cl)cccc1[N+](=O)[O-]. The first kappa shape index (κ1) is 13.5. The third-order valence-electron chi connectivity index (χ3n) is 2.27. The Balaban J connectivity index is 2.63. The number of nitro benzene ring substituents is 1. The van der Waals surface area contributed by atoms with E-state index in [9.17, 15) is 10.1 Å². The fraction of sp³-hybridized carbons (Fsp3) is 0.333. The molecular formula is C12H13ClN2O2. The number of benzene rings is 1. The molecule has 0 radical (unpaired) electrons. The van der Waals surface area contributed by atoms with Crippen LogP contribution in [0.1, 0.15) is 18.4 Å². The van der Waals surface area contributed by atoms with Gasteiger partial charge < -0.3 is 5.32 Å². The summed E-state index contributed by atoms with van der Waals surface area (Å²) >= 11 is 5.94. The number of unbranched alkanes of at least 4 members (excludes halogenated alkanes) is 1. The van der Waals surface area contributed by atoms with E-state index in [0.29, 0.717) is 30.1 Å². The minimum atomic E-state index is -0.426. The predicted molar refractivity (Wildman–Crippen MR) is 67.9 cm³/mol. The number of hydrogen-bond donors (Lipinski definition) is 1. The van der Waals surface area contributed by atoms with Crippen molar-refractivity contribution in [1.82, 2.24) is 5.32 Å². The summed E-state index contributed by atoms with van der Waals surface area (Å²) in [5, 5.41) is 14.3. The van der Waals surface area contributed by atoms with Gasteiger partial charge in [-0.25, -0.2) is 0 Å². The topological polar surface area (TPSA) is 55.2 Å². The van der Waals surface area contributed by atoms with Gasteiger partial charge in [0.05, 0.1) is 15.5 Å². The molecular weight excluding hydrogens is 240 g/mol. The minimum Gasteiger partial charge on any atom is -0.312 e. The van der Waals surface area contributed by atoms with E-state index in [1.807, 2.05) is 0 Å². The third kappa shape index (κ3) is 4.06. The molecule has 17 heavy (non-hydrogen) atoms. The molecule has 0 aliphatic heterocycles. The molecule has 0 heterocycles. The van der Waals surface area contributed by atoms with Crippen LogP contribution in [-0.2, 0) is 6.54 Å². The van der Waals surface area contributed by atoms with Gasteiger partial charge in [0, 0.05) is 19.0 Å². The molecule has 1 aromatic carbocycles. The van der Waals surface area contributed by atoms with Crippen LogP contribution in [0.4, 0.5) is 5.69 Å². The molecule has 0 aliphatic carbocycles. The zero-order valence-electron chi connectivity index (χ0n) is 9.28. The Bertz CT molecular complexity index is 441. The molecule has 0 atom stereocenters. The van der Waals surface area contributed by atoms with Crippen molar-refractivity contribution >= 4 is 17.3 Å². The van der Waals surface area contributed by atoms with Crippen LogP contribution in [0.5, 0.6) is 0 Å². The quantitative estimate of drug-likeness (QED) is 0.367. The highest BCUT2D eigenvalue weighted by molar-refractivity contribution is 6.31. The second kappa shape index (κ2) is 6.89. The Morgan fingerprint density at radius 1 is 1.53 bits per heavy atom. The summed E-state index contributed by atoms with van der Waals surface area (Å²) in [5.74, 6) is 2.53. The predicted octanol–water partition coefficient (Wildman–Crippen LogP) is 2.75. The van der Waals surface area contributed by atoms with Gasteiger partial charge in [0.2, 0.25) is 0 Å². The van der Waals surface area contributed by atoms with Gasteiger partial charge in [0.25, 0.3) is 5.69 Å². The van der Waals surface area contributed by atoms with Crippen molar-refractivity contribution in [3.63, 3.8) is 0 Å². The van der Waals surface area contributed by atoms with E-state index in [1.165, 1.54) is 6.07 Å². The lowest BCUT2D eigenvalue weighted by Gasteiger charge is -2.06. The van der Waals surface area contributed by atoms with Crippen molar-refractivity contribution in [3.05, 3.63) is 38.9 Å². The number of halogens is 1. The van der Waals surface area contributed by atoms with E-state index >= 15 is 0 Å². The van der Waals surface area contributed by atoms with Crippen molar-refractivity contribution in [2.24, 2.45) is 0 Å². The molecule has 0 spiro atoms. The Labute approximate surface area is 105 Å². The first-order valence-corrected chi connectivity index (χ1v) is 5.60. The number of rotatable bonds is 6. The summed E-state index contributed by atoms with van der Waals surface area (Å²) in [4.78, 5) is 10.4. The standard InChI is InChI=1S/C12H13ClN2O2/c1-2-3-4-8-14-9-10-11(13)6-5-7-12(10)15(16)17/h1,5-7,14H,3-4,8-9H2. The maximum absolute atomic E-state index is 10.8. The maximum Gasteiger partial charge on any atom is 0.275 e. The lowest BCUT2D eigenvalue weighted by Crippen LogP contribution is -2.15. The van der Waals surface area contributed by atoms with E-state index in [2.05, 4.69) is 11.2 Å². The molecule has 1 rings (SSSR count). The molecule has 0 unspecified atom stereocenters. The summed E-state index contributed by atoms with van der Waals surface area (Å²) in [7, 11) is 0. The van der Waals surface area contributed by atoms with Crippen LogP contribution in [0.3, 0.4) is 0 Å². The number of terminal acetylenes is 1. The monoisotopic (exact) mass is 252 g/mol. The highest BCUT2D eigenvalue weighted by Crippen LogP contribution is 2.25. The summed E-state index contributed by atoms with van der Waals surface area (Å²) in [6, 6.07) is 4.67. The number of nitrogens with one attached hydrogen (secondary N) is 1. The van der Waals surface area contributed by atoms with Crippen LogP contribution in [0, 0.1) is 22.5 Å². The van der Waals surface area contributed by atoms with Gasteiger partial charge in [-0.1, -0.05) is 17.7 Å². The fourth-order valence-corrected chi connectivity index (χ4v) is 1.66. The van der Waals surface area contributed by atoms with Gasteiger partial charge in [-0.3, -0.25) is 10.1 Å². The molecule has 1 N–H and O–H groups in total. The minimum absolute atomic E-state index is 0.0435. The van der Waals surface area contributed by atoms with E-state index in [-0.39, 0.29) is 5.69 Å². The molecule has 4 nitrogen and oxygen atoms in total. The van der Waals surface area contributed by atoms with Crippen molar-refractivity contribution in [1.29, 1.82) is 0 Å². The molecule has 90 valence electrons. The fourth-order valence-electron chi connectivity index (χ4n) is 1.42. The summed E-state index contributed by atoms with van der Waals surface area (Å²) in [5.41, 5.74) is 0.557. The molecule has 0 saturated heterocycles. The zero-order chi connectivity index (χ0) is 12.7. The van der Waals surface area contributed by atoms with Crippen LogP contribution in [0.25, 0.3) is 0 Å². The molecule has 0 aromatic heterocycles. The molecule has 0 bridgehead atoms. The van der Waals surface area contributed by atoms with Gasteiger partial charge in [-0.2, -0.15) is 0 Å². The normalized spacial score (nSPS) is 9.88. The van der Waals surface area contributed by atoms with Crippen LogP contribution in [0.2, 0.25) is 5.02 Å². The average Bonchev–Trinajstić information content (AvgIpc) is 2.30. The lowest BCUT2D eigenvalue weighted by molar-refractivity contribution is -0.385. The lowest BCUT2D eigenvalue weighted by atomic mass is 10.1. The highest BCUT2D eigenvalue weighted by atomic mass is 35.5. The average molecular weight is 253 g/mol. The van der Waals surface area contributed by atoms with Crippen LogP contribution >= 0.6 is 11.6 Å². The highest BCUT2D eigenvalue weighted by Gasteiger charge is 2.15. The van der Waals surface area contributed by atoms with Gasteiger partial charge in [-0.15, -0.1) is 12.3 Å². The van der Waals surface area contributed by atoms with Crippen LogP contribution < -0.4 is 5.32 Å². The van der Waals surface area contributed by atoms with Crippen molar-refractivity contribution in [3.8, 4) is 12.3 Å². The Morgan fingerprint density at radius 2 is 2.29 bits per heavy atom. The van der Waals surface area contributed by atoms with Gasteiger partial charge in [-0.05, 0) is 19.0 Å². The van der Waals surface area contributed by atoms with Crippen molar-refractivity contribution in [2.45, 2.75) is 19.4 Å². The van der Waals surface area contributed by atoms with E-state index in [1.54, 1.807) is 12.1 Å². The molecule has 0 aliphatic rings. The largest absolute Gasteiger partial charge is 0.312 e. The molecule has 5 heteroatoms. The van der Waals surface area contributed by atoms with E-state index < -0.39 is 4.92 Å². The second-order valence-electron chi connectivity index (χ2n) is 3.48. The summed E-state index contributed by atoms with van der Waals surface area (Å²) < 4.78 is 0. The van der Waals surface area contributed by atoms with Gasteiger partial charge >= 0.3 is 0 Å². The van der Waals surface area contributed by atoms with Crippen molar-refractivity contribution in [2.75, 3.05) is 6.54 Å². The van der Waals surface area contributed by atoms with E-state index in [4.69, 9.17) is 18.0 Å². The third-order valence-corrected chi connectivity index (χ3v) is 2.62. The molecule has 0 fully saturated rings. The van der Waals surface area contributed by atoms with E-state index in [0.717, 1.165) is 6.42 Å².